The van der Waals surface area contributed by atoms with Crippen LogP contribution in [0.5, 0.6) is 0 Å². The number of thiophene rings is 1. The van der Waals surface area contributed by atoms with Crippen LogP contribution in [-0.4, -0.2) is 29.0 Å². The molecule has 3 heterocycles. The summed E-state index contributed by atoms with van der Waals surface area (Å²) in [7, 11) is 0. The first-order valence-corrected chi connectivity index (χ1v) is 11.9. The molecule has 2 aliphatic heterocycles. The normalized spacial score (nSPS) is 19.7. The van der Waals surface area contributed by atoms with E-state index in [2.05, 4.69) is 6.07 Å². The van der Waals surface area contributed by atoms with Crippen molar-refractivity contribution in [3.8, 4) is 6.07 Å². The zero-order chi connectivity index (χ0) is 21.6. The molecule has 0 N–H and O–H groups in total. The van der Waals surface area contributed by atoms with Crippen LogP contribution in [0.2, 0.25) is 5.02 Å². The summed E-state index contributed by atoms with van der Waals surface area (Å²) in [6.07, 6.45) is 0. The van der Waals surface area contributed by atoms with Crippen molar-refractivity contribution in [2.45, 2.75) is 11.4 Å². The van der Waals surface area contributed by atoms with E-state index >= 15 is 0 Å². The zero-order valence-electron chi connectivity index (χ0n) is 16.2. The molecule has 0 bridgehead atoms. The highest BCUT2D eigenvalue weighted by atomic mass is 35.5. The zero-order valence-corrected chi connectivity index (χ0v) is 18.6. The van der Waals surface area contributed by atoms with Crippen LogP contribution in [0.15, 0.2) is 60.0 Å². The van der Waals surface area contributed by atoms with Gasteiger partial charge in [0.25, 0.3) is 11.8 Å². The van der Waals surface area contributed by atoms with Crippen molar-refractivity contribution in [1.29, 1.82) is 5.26 Å². The van der Waals surface area contributed by atoms with Crippen LogP contribution in [0.25, 0.3) is 0 Å². The van der Waals surface area contributed by atoms with E-state index in [1.807, 2.05) is 29.6 Å². The summed E-state index contributed by atoms with van der Waals surface area (Å²) in [5.74, 6) is 0.360. The van der Waals surface area contributed by atoms with Gasteiger partial charge in [-0.2, -0.15) is 5.26 Å². The number of carbonyl (C=O) groups excluding carboxylic acids is 2. The Morgan fingerprint density at radius 2 is 2.06 bits per heavy atom. The monoisotopic (exact) mass is 465 g/mol. The molecular weight excluding hydrogens is 450 g/mol. The fraction of sp³-hybridized carbons (Fsp3) is 0.174. The Hall–Kier alpha value is -2.79. The predicted molar refractivity (Wildman–Crippen MR) is 123 cm³/mol. The number of carbonyl (C=O) groups is 2. The maximum Gasteiger partial charge on any atom is 0.268 e. The molecule has 5 rings (SSSR count). The van der Waals surface area contributed by atoms with Gasteiger partial charge >= 0.3 is 0 Å². The number of hydrogen-bond donors (Lipinski definition) is 0. The van der Waals surface area contributed by atoms with Gasteiger partial charge in [0.1, 0.15) is 0 Å². The second-order valence-corrected chi connectivity index (χ2v) is 9.96. The summed E-state index contributed by atoms with van der Waals surface area (Å²) in [5.41, 5.74) is 2.88. The number of rotatable bonds is 3. The molecule has 2 aliphatic rings. The van der Waals surface area contributed by atoms with Crippen molar-refractivity contribution in [3.63, 3.8) is 0 Å². The van der Waals surface area contributed by atoms with Crippen molar-refractivity contribution in [2.24, 2.45) is 0 Å². The molecule has 1 spiro atoms. The first-order chi connectivity index (χ1) is 15.0. The van der Waals surface area contributed by atoms with Crippen LogP contribution in [0.4, 0.5) is 5.69 Å². The lowest BCUT2D eigenvalue weighted by molar-refractivity contribution is -0.123. The van der Waals surface area contributed by atoms with Crippen LogP contribution >= 0.6 is 34.7 Å². The fourth-order valence-corrected chi connectivity index (χ4v) is 6.50. The molecule has 5 nitrogen and oxygen atoms in total. The second-order valence-electron chi connectivity index (χ2n) is 7.29. The third-order valence-corrected chi connectivity index (χ3v) is 8.04. The quantitative estimate of drug-likeness (QED) is 0.554. The number of hydrogen-bond acceptors (Lipinski definition) is 5. The Balaban J connectivity index is 1.60. The van der Waals surface area contributed by atoms with E-state index < -0.39 is 4.87 Å². The van der Waals surface area contributed by atoms with Gasteiger partial charge in [-0.05, 0) is 47.3 Å². The van der Waals surface area contributed by atoms with Gasteiger partial charge in [0.05, 0.1) is 28.7 Å². The number of nitrogens with zero attached hydrogens (tertiary/aromatic N) is 3. The Bertz CT molecular complexity index is 1240. The van der Waals surface area contributed by atoms with Gasteiger partial charge in [-0.1, -0.05) is 29.8 Å². The Kier molecular flexibility index (Phi) is 5.01. The summed E-state index contributed by atoms with van der Waals surface area (Å²) < 4.78 is 0. The highest BCUT2D eigenvalue weighted by Crippen LogP contribution is 2.55. The highest BCUT2D eigenvalue weighted by Gasteiger charge is 2.59. The van der Waals surface area contributed by atoms with E-state index in [0.717, 1.165) is 16.8 Å². The van der Waals surface area contributed by atoms with E-state index in [0.29, 0.717) is 34.3 Å². The summed E-state index contributed by atoms with van der Waals surface area (Å²) in [4.78, 5) is 30.2. The number of fused-ring (bicyclic) bond motifs is 2. The SMILES string of the molecule is N#Cc1cccc(CN2C(=O)[C@@]3(SCCN3C(=O)c3cccs3)c3cc(Cl)ccc32)c1. The van der Waals surface area contributed by atoms with E-state index in [4.69, 9.17) is 11.6 Å². The Labute approximate surface area is 192 Å². The number of benzene rings is 2. The molecule has 1 saturated heterocycles. The van der Waals surface area contributed by atoms with Gasteiger partial charge in [-0.15, -0.1) is 23.1 Å². The number of amides is 2. The molecular formula is C23H16ClN3O2S2. The maximum absolute atomic E-state index is 13.9. The van der Waals surface area contributed by atoms with Crippen LogP contribution in [0, 0.1) is 11.3 Å². The lowest BCUT2D eigenvalue weighted by Crippen LogP contribution is -2.50. The van der Waals surface area contributed by atoms with Gasteiger partial charge in [0.15, 0.2) is 4.87 Å². The maximum atomic E-state index is 13.9. The topological polar surface area (TPSA) is 64.4 Å². The number of nitriles is 1. The van der Waals surface area contributed by atoms with Crippen molar-refractivity contribution >= 4 is 52.2 Å². The Morgan fingerprint density at radius 1 is 1.19 bits per heavy atom. The Morgan fingerprint density at radius 3 is 2.84 bits per heavy atom. The predicted octanol–water partition coefficient (Wildman–Crippen LogP) is 4.86. The summed E-state index contributed by atoms with van der Waals surface area (Å²) in [5, 5.41) is 11.6. The van der Waals surface area contributed by atoms with Crippen molar-refractivity contribution in [1.82, 2.24) is 4.90 Å². The van der Waals surface area contributed by atoms with Crippen LogP contribution < -0.4 is 4.90 Å². The molecule has 1 atom stereocenters. The van der Waals surface area contributed by atoms with Crippen molar-refractivity contribution in [3.05, 3.63) is 86.6 Å². The average Bonchev–Trinajstić information content (AvgIpc) is 3.51. The molecule has 3 aromatic rings. The second kappa shape index (κ2) is 7.72. The van der Waals surface area contributed by atoms with E-state index in [1.54, 1.807) is 40.1 Å². The minimum absolute atomic E-state index is 0.146. The van der Waals surface area contributed by atoms with E-state index in [1.165, 1.54) is 23.1 Å². The molecule has 2 aromatic carbocycles. The van der Waals surface area contributed by atoms with Gasteiger partial charge in [-0.3, -0.25) is 9.59 Å². The van der Waals surface area contributed by atoms with Gasteiger partial charge < -0.3 is 9.80 Å². The molecule has 31 heavy (non-hydrogen) atoms. The molecule has 0 radical (unpaired) electrons. The third-order valence-electron chi connectivity index (χ3n) is 5.53. The number of halogens is 1. The summed E-state index contributed by atoms with van der Waals surface area (Å²) in [6.45, 7) is 0.795. The smallest absolute Gasteiger partial charge is 0.268 e. The molecule has 1 fully saturated rings. The first-order valence-electron chi connectivity index (χ1n) is 9.65. The van der Waals surface area contributed by atoms with Crippen LogP contribution in [0.1, 0.15) is 26.4 Å². The number of anilines is 1. The minimum Gasteiger partial charge on any atom is -0.310 e. The number of thioether (sulfide) groups is 1. The molecule has 0 saturated carbocycles. The molecule has 0 unspecified atom stereocenters. The first kappa shape index (κ1) is 20.1. The van der Waals surface area contributed by atoms with Gasteiger partial charge in [0.2, 0.25) is 0 Å². The summed E-state index contributed by atoms with van der Waals surface area (Å²) in [6, 6.07) is 18.4. The molecule has 2 amide bonds. The fourth-order valence-electron chi connectivity index (χ4n) is 4.20. The summed E-state index contributed by atoms with van der Waals surface area (Å²) >= 11 is 9.18. The van der Waals surface area contributed by atoms with E-state index in [-0.39, 0.29) is 11.8 Å². The molecule has 0 aliphatic carbocycles. The van der Waals surface area contributed by atoms with Crippen LogP contribution in [0.3, 0.4) is 0 Å². The lowest BCUT2D eigenvalue weighted by atomic mass is 10.1. The van der Waals surface area contributed by atoms with Crippen molar-refractivity contribution < 1.29 is 9.59 Å². The molecule has 8 heteroatoms. The largest absolute Gasteiger partial charge is 0.310 e. The molecule has 154 valence electrons. The van der Waals surface area contributed by atoms with Gasteiger partial charge in [0, 0.05) is 22.9 Å². The average molecular weight is 466 g/mol. The standard InChI is InChI=1S/C23H16ClN3O2S2/c24-17-6-7-19-18(12-17)23(27(8-10-31-23)21(28)20-5-2-9-30-20)22(29)26(19)14-16-4-1-3-15(11-16)13-25/h1-7,9,11-12H,8,10,14H2/t23-/m0/s1. The third kappa shape index (κ3) is 3.14. The van der Waals surface area contributed by atoms with Gasteiger partial charge in [-0.25, -0.2) is 0 Å². The highest BCUT2D eigenvalue weighted by molar-refractivity contribution is 8.01. The van der Waals surface area contributed by atoms with Crippen LogP contribution in [-0.2, 0) is 16.2 Å². The van der Waals surface area contributed by atoms with Crippen molar-refractivity contribution in [2.75, 3.05) is 17.2 Å². The lowest BCUT2D eigenvalue weighted by Gasteiger charge is -2.33. The minimum atomic E-state index is -1.13. The van der Waals surface area contributed by atoms with E-state index in [9.17, 15) is 14.9 Å². The molecule has 1 aromatic heterocycles.